The Kier molecular flexibility index (Phi) is 4.54. The second kappa shape index (κ2) is 6.15. The zero-order valence-electron chi connectivity index (χ0n) is 10.7. The van der Waals surface area contributed by atoms with Crippen LogP contribution < -0.4 is 11.1 Å². The van der Waals surface area contributed by atoms with Gasteiger partial charge >= 0.3 is 0 Å². The lowest BCUT2D eigenvalue weighted by atomic mass is 9.95. The summed E-state index contributed by atoms with van der Waals surface area (Å²) in [5.41, 5.74) is 5.50. The highest BCUT2D eigenvalue weighted by molar-refractivity contribution is 7.17. The van der Waals surface area contributed by atoms with Gasteiger partial charge in [0.1, 0.15) is 4.88 Å². The number of anilines is 1. The molecular formula is C12H20N4OS. The zero-order valence-corrected chi connectivity index (χ0v) is 11.5. The van der Waals surface area contributed by atoms with Crippen LogP contribution in [0.2, 0.25) is 0 Å². The fraction of sp³-hybridized carbons (Fsp3) is 0.667. The Balaban J connectivity index is 1.70. The molecule has 2 rings (SSSR count). The molecule has 0 radical (unpaired) electrons. The average Bonchev–Trinajstić information content (AvgIpc) is 2.76. The van der Waals surface area contributed by atoms with Gasteiger partial charge in [0, 0.05) is 13.1 Å². The zero-order chi connectivity index (χ0) is 13.0. The minimum absolute atomic E-state index is 0.0617. The highest BCUT2D eigenvalue weighted by Crippen LogP contribution is 2.18. The number of hydrogen-bond acceptors (Lipinski definition) is 5. The topological polar surface area (TPSA) is 71.2 Å². The number of hydrogen-bond donors (Lipinski definition) is 2. The molecule has 100 valence electrons. The van der Waals surface area contributed by atoms with E-state index < -0.39 is 0 Å². The van der Waals surface area contributed by atoms with E-state index in [4.69, 9.17) is 5.73 Å². The normalized spacial score (nSPS) is 20.8. The number of nitrogens with zero attached hydrogens (tertiary/aromatic N) is 2. The number of nitrogens with one attached hydrogen (secondary N) is 1. The van der Waals surface area contributed by atoms with Crippen LogP contribution in [0, 0.1) is 5.92 Å². The summed E-state index contributed by atoms with van der Waals surface area (Å²) in [6, 6.07) is 0. The van der Waals surface area contributed by atoms with Gasteiger partial charge in [-0.25, -0.2) is 4.98 Å². The van der Waals surface area contributed by atoms with Gasteiger partial charge in [-0.3, -0.25) is 4.79 Å². The van der Waals surface area contributed by atoms with Crippen LogP contribution >= 0.6 is 11.3 Å². The van der Waals surface area contributed by atoms with E-state index in [9.17, 15) is 4.79 Å². The number of amides is 1. The fourth-order valence-corrected chi connectivity index (χ4v) is 2.98. The molecule has 5 nitrogen and oxygen atoms in total. The molecule has 1 unspecified atom stereocenters. The van der Waals surface area contributed by atoms with E-state index in [1.165, 1.54) is 36.9 Å². The Morgan fingerprint density at radius 1 is 1.72 bits per heavy atom. The number of piperidine rings is 1. The van der Waals surface area contributed by atoms with E-state index >= 15 is 0 Å². The Labute approximate surface area is 111 Å². The molecule has 1 amide bonds. The number of rotatable bonds is 4. The summed E-state index contributed by atoms with van der Waals surface area (Å²) in [6.45, 7) is 3.07. The Hall–Kier alpha value is -1.14. The molecule has 0 saturated carbocycles. The van der Waals surface area contributed by atoms with Crippen LogP contribution in [0.1, 0.15) is 28.9 Å². The number of nitrogens with two attached hydrogens (primary N) is 1. The van der Waals surface area contributed by atoms with Crippen molar-refractivity contribution in [2.75, 3.05) is 32.4 Å². The van der Waals surface area contributed by atoms with Crippen LogP contribution in [0.4, 0.5) is 5.13 Å². The summed E-state index contributed by atoms with van der Waals surface area (Å²) in [6.07, 6.45) is 5.11. The van der Waals surface area contributed by atoms with E-state index in [1.54, 1.807) is 0 Å². The van der Waals surface area contributed by atoms with Gasteiger partial charge in [-0.2, -0.15) is 0 Å². The minimum Gasteiger partial charge on any atom is -0.375 e. The summed E-state index contributed by atoms with van der Waals surface area (Å²) >= 11 is 1.23. The van der Waals surface area contributed by atoms with Crippen molar-refractivity contribution in [3.8, 4) is 0 Å². The van der Waals surface area contributed by atoms with Crippen molar-refractivity contribution in [2.45, 2.75) is 19.3 Å². The first-order chi connectivity index (χ1) is 8.65. The van der Waals surface area contributed by atoms with Crippen LogP contribution in [0.3, 0.4) is 0 Å². The average molecular weight is 268 g/mol. The SMILES string of the molecule is CN1CCCC(CCNC(=O)c2cnc(N)s2)C1. The van der Waals surface area contributed by atoms with Crippen molar-refractivity contribution in [3.05, 3.63) is 11.1 Å². The third kappa shape index (κ3) is 3.68. The number of aromatic nitrogens is 1. The van der Waals surface area contributed by atoms with Crippen LogP contribution in [0.15, 0.2) is 6.20 Å². The van der Waals surface area contributed by atoms with Gasteiger partial charge in [-0.05, 0) is 38.8 Å². The van der Waals surface area contributed by atoms with Crippen LogP contribution in [0.5, 0.6) is 0 Å². The van der Waals surface area contributed by atoms with Gasteiger partial charge in [-0.1, -0.05) is 11.3 Å². The third-order valence-electron chi connectivity index (χ3n) is 3.31. The predicted octanol–water partition coefficient (Wildman–Crippen LogP) is 1.19. The highest BCUT2D eigenvalue weighted by atomic mass is 32.1. The Bertz CT molecular complexity index is 407. The quantitative estimate of drug-likeness (QED) is 0.860. The Morgan fingerprint density at radius 2 is 2.56 bits per heavy atom. The van der Waals surface area contributed by atoms with Crippen LogP contribution in [0.25, 0.3) is 0 Å². The second-order valence-electron chi connectivity index (χ2n) is 4.88. The number of thiazole rings is 1. The van der Waals surface area contributed by atoms with Gasteiger partial charge in [0.15, 0.2) is 5.13 Å². The maximum absolute atomic E-state index is 11.8. The van der Waals surface area contributed by atoms with E-state index in [2.05, 4.69) is 22.2 Å². The molecule has 1 aromatic rings. The van der Waals surface area contributed by atoms with Crippen molar-refractivity contribution in [1.82, 2.24) is 15.2 Å². The molecule has 0 aliphatic carbocycles. The molecule has 1 aliphatic rings. The van der Waals surface area contributed by atoms with E-state index in [0.717, 1.165) is 19.5 Å². The monoisotopic (exact) mass is 268 g/mol. The summed E-state index contributed by atoms with van der Waals surface area (Å²) < 4.78 is 0. The van der Waals surface area contributed by atoms with Gasteiger partial charge < -0.3 is 16.0 Å². The number of nitrogen functional groups attached to an aromatic ring is 1. The summed E-state index contributed by atoms with van der Waals surface area (Å²) in [5.74, 6) is 0.643. The molecule has 1 saturated heterocycles. The summed E-state index contributed by atoms with van der Waals surface area (Å²) in [4.78, 5) is 18.6. The molecule has 1 aliphatic heterocycles. The number of carbonyl (C=O) groups is 1. The van der Waals surface area contributed by atoms with Gasteiger partial charge in [-0.15, -0.1) is 0 Å². The molecule has 0 aromatic carbocycles. The van der Waals surface area contributed by atoms with E-state index in [-0.39, 0.29) is 5.91 Å². The molecule has 18 heavy (non-hydrogen) atoms. The van der Waals surface area contributed by atoms with E-state index in [0.29, 0.717) is 15.9 Å². The molecule has 0 bridgehead atoms. The number of likely N-dealkylation sites (tertiary alicyclic amines) is 1. The predicted molar refractivity (Wildman–Crippen MR) is 73.7 cm³/mol. The molecule has 1 fully saturated rings. The van der Waals surface area contributed by atoms with Crippen LogP contribution in [-0.4, -0.2) is 42.5 Å². The molecule has 2 heterocycles. The smallest absolute Gasteiger partial charge is 0.263 e. The van der Waals surface area contributed by atoms with Crippen molar-refractivity contribution in [2.24, 2.45) is 5.92 Å². The maximum Gasteiger partial charge on any atom is 0.263 e. The Morgan fingerprint density at radius 3 is 3.22 bits per heavy atom. The largest absolute Gasteiger partial charge is 0.375 e. The third-order valence-corrected chi connectivity index (χ3v) is 4.13. The van der Waals surface area contributed by atoms with Gasteiger partial charge in [0.25, 0.3) is 5.91 Å². The standard InChI is InChI=1S/C12H20N4OS/c1-16-6-2-3-9(8-16)4-5-14-11(17)10-7-15-12(13)18-10/h7,9H,2-6,8H2,1H3,(H2,13,15)(H,14,17). The lowest BCUT2D eigenvalue weighted by Gasteiger charge is -2.29. The number of carbonyl (C=O) groups excluding carboxylic acids is 1. The van der Waals surface area contributed by atoms with Crippen molar-refractivity contribution < 1.29 is 4.79 Å². The molecule has 1 atom stereocenters. The van der Waals surface area contributed by atoms with Gasteiger partial charge in [0.2, 0.25) is 0 Å². The summed E-state index contributed by atoms with van der Waals surface area (Å²) in [7, 11) is 2.16. The van der Waals surface area contributed by atoms with Crippen molar-refractivity contribution >= 4 is 22.4 Å². The van der Waals surface area contributed by atoms with E-state index in [1.807, 2.05) is 0 Å². The minimum atomic E-state index is -0.0617. The molecule has 0 spiro atoms. The molecular weight excluding hydrogens is 248 g/mol. The summed E-state index contributed by atoms with van der Waals surface area (Å²) in [5, 5.41) is 3.37. The fourth-order valence-electron chi connectivity index (χ4n) is 2.38. The molecule has 6 heteroatoms. The van der Waals surface area contributed by atoms with Crippen molar-refractivity contribution in [3.63, 3.8) is 0 Å². The van der Waals surface area contributed by atoms with Gasteiger partial charge in [0.05, 0.1) is 6.20 Å². The lowest BCUT2D eigenvalue weighted by Crippen LogP contribution is -2.34. The molecule has 1 aromatic heterocycles. The highest BCUT2D eigenvalue weighted by Gasteiger charge is 2.17. The van der Waals surface area contributed by atoms with Crippen molar-refractivity contribution in [1.29, 1.82) is 0 Å². The van der Waals surface area contributed by atoms with Crippen LogP contribution in [-0.2, 0) is 0 Å². The first kappa shape index (κ1) is 13.3. The molecule has 3 N–H and O–H groups in total. The first-order valence-electron chi connectivity index (χ1n) is 6.33. The maximum atomic E-state index is 11.8. The second-order valence-corrected chi connectivity index (χ2v) is 5.94. The first-order valence-corrected chi connectivity index (χ1v) is 7.15. The lowest BCUT2D eigenvalue weighted by molar-refractivity contribution is 0.0952.